The van der Waals surface area contributed by atoms with Crippen LogP contribution in [0.15, 0.2) is 48.5 Å². The molecule has 0 heterocycles. The number of benzene rings is 2. The molecule has 0 fully saturated rings. The quantitative estimate of drug-likeness (QED) is 0.879. The van der Waals surface area contributed by atoms with E-state index in [1.807, 2.05) is 12.1 Å². The summed E-state index contributed by atoms with van der Waals surface area (Å²) < 4.78 is 18.4. The lowest BCUT2D eigenvalue weighted by atomic mass is 10.2. The van der Waals surface area contributed by atoms with Gasteiger partial charge in [-0.3, -0.25) is 4.79 Å². The van der Waals surface area contributed by atoms with Crippen molar-refractivity contribution in [1.82, 2.24) is 0 Å². The number of amides is 1. The Balaban J connectivity index is 1.87. The van der Waals surface area contributed by atoms with Gasteiger partial charge in [-0.1, -0.05) is 24.3 Å². The molecular weight excluding hydrogens is 259 g/mol. The lowest BCUT2D eigenvalue weighted by Gasteiger charge is -2.08. The highest BCUT2D eigenvalue weighted by Crippen LogP contribution is 2.15. The Labute approximate surface area is 116 Å². The number of ether oxygens (including phenoxy) is 1. The minimum atomic E-state index is -0.493. The summed E-state index contributed by atoms with van der Waals surface area (Å²) in [6.45, 7) is 0.199. The summed E-state index contributed by atoms with van der Waals surface area (Å²) in [5.41, 5.74) is 7.10. The largest absolute Gasteiger partial charge is 0.481 e. The van der Waals surface area contributed by atoms with Crippen molar-refractivity contribution >= 4 is 11.6 Å². The second-order valence-corrected chi connectivity index (χ2v) is 4.17. The normalized spacial score (nSPS) is 10.1. The van der Waals surface area contributed by atoms with Crippen LogP contribution in [0, 0.1) is 5.82 Å². The van der Waals surface area contributed by atoms with Crippen LogP contribution in [0.2, 0.25) is 0 Å². The molecule has 2 aromatic carbocycles. The van der Waals surface area contributed by atoms with Crippen molar-refractivity contribution in [2.45, 2.75) is 6.54 Å². The Morgan fingerprint density at radius 2 is 1.85 bits per heavy atom. The highest BCUT2D eigenvalue weighted by molar-refractivity contribution is 5.91. The number of halogens is 1. The van der Waals surface area contributed by atoms with E-state index in [9.17, 15) is 9.18 Å². The van der Waals surface area contributed by atoms with Crippen LogP contribution < -0.4 is 15.8 Å². The number of hydrogen-bond donors (Lipinski definition) is 2. The van der Waals surface area contributed by atoms with E-state index in [1.165, 1.54) is 12.1 Å². The Morgan fingerprint density at radius 1 is 1.15 bits per heavy atom. The molecule has 104 valence electrons. The summed E-state index contributed by atoms with van der Waals surface area (Å²) in [7, 11) is 0. The first-order chi connectivity index (χ1) is 9.69. The highest BCUT2D eigenvalue weighted by Gasteiger charge is 2.06. The third-order valence-corrected chi connectivity index (χ3v) is 2.67. The fourth-order valence-electron chi connectivity index (χ4n) is 1.63. The van der Waals surface area contributed by atoms with Crippen molar-refractivity contribution in [3.05, 3.63) is 59.9 Å². The second-order valence-electron chi connectivity index (χ2n) is 4.17. The molecule has 0 aliphatic carbocycles. The molecule has 0 unspecified atom stereocenters. The lowest BCUT2D eigenvalue weighted by Crippen LogP contribution is -2.20. The van der Waals surface area contributed by atoms with E-state index in [1.54, 1.807) is 24.3 Å². The lowest BCUT2D eigenvalue weighted by molar-refractivity contribution is -0.118. The number of nitrogens with one attached hydrogen (secondary N) is 1. The molecule has 0 aromatic heterocycles. The van der Waals surface area contributed by atoms with Gasteiger partial charge in [0.1, 0.15) is 0 Å². The van der Waals surface area contributed by atoms with E-state index in [0.29, 0.717) is 12.2 Å². The van der Waals surface area contributed by atoms with Gasteiger partial charge in [-0.2, -0.15) is 0 Å². The maximum atomic E-state index is 13.3. The van der Waals surface area contributed by atoms with Crippen molar-refractivity contribution in [2.75, 3.05) is 11.9 Å². The maximum Gasteiger partial charge on any atom is 0.262 e. The summed E-state index contributed by atoms with van der Waals surface area (Å²) in [6, 6.07) is 13.1. The smallest absolute Gasteiger partial charge is 0.262 e. The summed E-state index contributed by atoms with van der Waals surface area (Å²) in [4.78, 5) is 11.7. The molecule has 4 nitrogen and oxygen atoms in total. The van der Waals surface area contributed by atoms with E-state index in [4.69, 9.17) is 10.5 Å². The Morgan fingerprint density at radius 3 is 2.50 bits per heavy atom. The van der Waals surface area contributed by atoms with Gasteiger partial charge >= 0.3 is 0 Å². The third-order valence-electron chi connectivity index (χ3n) is 2.67. The molecule has 0 spiro atoms. The Hall–Kier alpha value is -2.40. The van der Waals surface area contributed by atoms with E-state index in [2.05, 4.69) is 5.32 Å². The Kier molecular flexibility index (Phi) is 4.68. The van der Waals surface area contributed by atoms with E-state index in [0.717, 1.165) is 5.56 Å². The molecule has 0 bridgehead atoms. The van der Waals surface area contributed by atoms with Crippen LogP contribution in [0.3, 0.4) is 0 Å². The zero-order valence-corrected chi connectivity index (χ0v) is 10.8. The van der Waals surface area contributed by atoms with Crippen molar-refractivity contribution in [3.8, 4) is 5.75 Å². The van der Waals surface area contributed by atoms with Gasteiger partial charge in [0.15, 0.2) is 18.2 Å². The number of para-hydroxylation sites is 1. The molecule has 0 aliphatic heterocycles. The highest BCUT2D eigenvalue weighted by atomic mass is 19.1. The fraction of sp³-hybridized carbons (Fsp3) is 0.133. The minimum absolute atomic E-state index is 0.0566. The second kappa shape index (κ2) is 6.68. The third kappa shape index (κ3) is 3.80. The molecule has 2 rings (SSSR count). The molecule has 0 radical (unpaired) electrons. The first kappa shape index (κ1) is 14.0. The summed E-state index contributed by atoms with van der Waals surface area (Å²) in [5.74, 6) is -0.789. The van der Waals surface area contributed by atoms with Gasteiger partial charge in [-0.05, 0) is 29.8 Å². The molecular formula is C15H15FN2O2. The van der Waals surface area contributed by atoms with E-state index >= 15 is 0 Å². The van der Waals surface area contributed by atoms with E-state index in [-0.39, 0.29) is 18.3 Å². The van der Waals surface area contributed by atoms with Gasteiger partial charge < -0.3 is 15.8 Å². The van der Waals surface area contributed by atoms with Gasteiger partial charge in [-0.25, -0.2) is 4.39 Å². The zero-order chi connectivity index (χ0) is 14.4. The first-order valence-corrected chi connectivity index (χ1v) is 6.15. The van der Waals surface area contributed by atoms with Crippen molar-refractivity contribution in [2.24, 2.45) is 5.73 Å². The monoisotopic (exact) mass is 274 g/mol. The number of carbonyl (C=O) groups is 1. The maximum absolute atomic E-state index is 13.3. The summed E-state index contributed by atoms with van der Waals surface area (Å²) >= 11 is 0. The number of carbonyl (C=O) groups excluding carboxylic acids is 1. The molecule has 0 atom stereocenters. The van der Waals surface area contributed by atoms with Crippen LogP contribution in [0.5, 0.6) is 5.75 Å². The van der Waals surface area contributed by atoms with Crippen LogP contribution >= 0.6 is 0 Å². The summed E-state index contributed by atoms with van der Waals surface area (Å²) in [6.07, 6.45) is 0. The van der Waals surface area contributed by atoms with E-state index < -0.39 is 5.82 Å². The van der Waals surface area contributed by atoms with Crippen LogP contribution in [0.1, 0.15) is 5.56 Å². The predicted molar refractivity (Wildman–Crippen MR) is 74.9 cm³/mol. The molecule has 3 N–H and O–H groups in total. The van der Waals surface area contributed by atoms with Gasteiger partial charge in [0, 0.05) is 12.2 Å². The SMILES string of the molecule is NCc1ccc(NC(=O)COc2ccccc2F)cc1. The number of anilines is 1. The Bertz CT molecular complexity index is 585. The number of hydrogen-bond acceptors (Lipinski definition) is 3. The molecule has 1 amide bonds. The predicted octanol–water partition coefficient (Wildman–Crippen LogP) is 2.30. The average Bonchev–Trinajstić information content (AvgIpc) is 2.47. The van der Waals surface area contributed by atoms with Crippen LogP contribution in [0.4, 0.5) is 10.1 Å². The molecule has 0 saturated carbocycles. The molecule has 0 aliphatic rings. The standard InChI is InChI=1S/C15H15FN2O2/c16-13-3-1-2-4-14(13)20-10-15(19)18-12-7-5-11(9-17)6-8-12/h1-8H,9-10,17H2,(H,18,19). The van der Waals surface area contributed by atoms with Crippen molar-refractivity contribution in [3.63, 3.8) is 0 Å². The van der Waals surface area contributed by atoms with Gasteiger partial charge in [-0.15, -0.1) is 0 Å². The first-order valence-electron chi connectivity index (χ1n) is 6.15. The average molecular weight is 274 g/mol. The zero-order valence-electron chi connectivity index (χ0n) is 10.8. The summed E-state index contributed by atoms with van der Waals surface area (Å²) in [5, 5.41) is 2.66. The minimum Gasteiger partial charge on any atom is -0.481 e. The van der Waals surface area contributed by atoms with Gasteiger partial charge in [0.05, 0.1) is 0 Å². The van der Waals surface area contributed by atoms with Crippen LogP contribution in [0.25, 0.3) is 0 Å². The topological polar surface area (TPSA) is 64.3 Å². The molecule has 5 heteroatoms. The van der Waals surface area contributed by atoms with Gasteiger partial charge in [0.25, 0.3) is 5.91 Å². The number of nitrogens with two attached hydrogens (primary N) is 1. The molecule has 0 saturated heterocycles. The van der Waals surface area contributed by atoms with Crippen molar-refractivity contribution < 1.29 is 13.9 Å². The fourth-order valence-corrected chi connectivity index (χ4v) is 1.63. The van der Waals surface area contributed by atoms with Crippen LogP contribution in [-0.2, 0) is 11.3 Å². The number of rotatable bonds is 5. The van der Waals surface area contributed by atoms with Crippen LogP contribution in [-0.4, -0.2) is 12.5 Å². The van der Waals surface area contributed by atoms with Gasteiger partial charge in [0.2, 0.25) is 0 Å². The molecule has 2 aromatic rings. The van der Waals surface area contributed by atoms with Crippen molar-refractivity contribution in [1.29, 1.82) is 0 Å². The molecule has 20 heavy (non-hydrogen) atoms.